The molecule has 0 aliphatic carbocycles. The number of imidazole rings is 1. The maximum Gasteiger partial charge on any atom is 0.261 e. The molecular formula is C27H30N6O4S2. The van der Waals surface area contributed by atoms with E-state index in [1.54, 1.807) is 28.5 Å². The molecule has 204 valence electrons. The lowest BCUT2D eigenvalue weighted by atomic mass is 10.1. The number of fused-ring (bicyclic) bond motifs is 2. The molecule has 1 saturated heterocycles. The van der Waals surface area contributed by atoms with Gasteiger partial charge in [0.15, 0.2) is 9.84 Å². The standard InChI is InChI=1S/C27H30N6O4S2/c1-17-4-11-38-23(17)3-6-28-20-2-5-29-26(34)24(20)25-30-21-14-18-16-33(27(35)19(18)15-22(21)31-25)8-7-32-9-12-39(36,37)13-10-32/h2,4-5,11,14-15H,3,6-10,12-13,16H2,1H3,(H,30,31)(H2,28,29,34). The number of amides is 1. The monoisotopic (exact) mass is 566 g/mol. The number of rotatable bonds is 8. The number of anilines is 1. The first-order valence-electron chi connectivity index (χ1n) is 13.0. The van der Waals surface area contributed by atoms with Crippen molar-refractivity contribution in [3.05, 3.63) is 67.8 Å². The van der Waals surface area contributed by atoms with Crippen molar-refractivity contribution in [2.75, 3.05) is 49.5 Å². The van der Waals surface area contributed by atoms with E-state index in [-0.39, 0.29) is 23.0 Å². The number of pyridine rings is 1. The largest absolute Gasteiger partial charge is 0.384 e. The molecular weight excluding hydrogens is 536 g/mol. The molecule has 1 fully saturated rings. The van der Waals surface area contributed by atoms with Crippen LogP contribution in [0.25, 0.3) is 22.4 Å². The van der Waals surface area contributed by atoms with Crippen LogP contribution < -0.4 is 10.9 Å². The van der Waals surface area contributed by atoms with E-state index in [1.165, 1.54) is 10.4 Å². The molecule has 0 unspecified atom stereocenters. The normalized spacial score (nSPS) is 17.2. The predicted molar refractivity (Wildman–Crippen MR) is 153 cm³/mol. The second-order valence-electron chi connectivity index (χ2n) is 10.1. The van der Waals surface area contributed by atoms with E-state index in [2.05, 4.69) is 38.6 Å². The number of benzene rings is 1. The smallest absolute Gasteiger partial charge is 0.261 e. The fraction of sp³-hybridized carbons (Fsp3) is 0.370. The summed E-state index contributed by atoms with van der Waals surface area (Å²) in [5.41, 5.74) is 5.09. The first-order valence-corrected chi connectivity index (χ1v) is 15.7. The van der Waals surface area contributed by atoms with Gasteiger partial charge in [-0.3, -0.25) is 14.5 Å². The van der Waals surface area contributed by atoms with Crippen molar-refractivity contribution in [2.45, 2.75) is 19.9 Å². The average Bonchev–Trinajstić information content (AvgIpc) is 3.59. The molecule has 0 saturated carbocycles. The van der Waals surface area contributed by atoms with Crippen molar-refractivity contribution in [3.63, 3.8) is 0 Å². The molecule has 3 N–H and O–H groups in total. The van der Waals surface area contributed by atoms with Gasteiger partial charge in [0, 0.05) is 55.9 Å². The fourth-order valence-corrected chi connectivity index (χ4v) is 7.43. The van der Waals surface area contributed by atoms with Crippen LogP contribution in [0.5, 0.6) is 0 Å². The van der Waals surface area contributed by atoms with Crippen molar-refractivity contribution in [1.29, 1.82) is 0 Å². The molecule has 5 heterocycles. The number of nitrogens with one attached hydrogen (secondary N) is 3. The Morgan fingerprint density at radius 1 is 1.13 bits per heavy atom. The van der Waals surface area contributed by atoms with Crippen LogP contribution in [0, 0.1) is 6.92 Å². The van der Waals surface area contributed by atoms with Crippen molar-refractivity contribution in [2.24, 2.45) is 0 Å². The number of carbonyl (C=O) groups excluding carboxylic acids is 1. The number of aromatic amines is 2. The number of aryl methyl sites for hydroxylation is 1. The molecule has 0 radical (unpaired) electrons. The summed E-state index contributed by atoms with van der Waals surface area (Å²) in [6.07, 6.45) is 2.48. The Balaban J connectivity index is 1.18. The van der Waals surface area contributed by atoms with Gasteiger partial charge in [-0.15, -0.1) is 11.3 Å². The van der Waals surface area contributed by atoms with Crippen LogP contribution in [-0.4, -0.2) is 83.3 Å². The van der Waals surface area contributed by atoms with Gasteiger partial charge < -0.3 is 20.2 Å². The second kappa shape index (κ2) is 10.2. The molecule has 1 aromatic carbocycles. The van der Waals surface area contributed by atoms with Gasteiger partial charge in [-0.05, 0) is 54.1 Å². The Bertz CT molecular complexity index is 1710. The van der Waals surface area contributed by atoms with Crippen molar-refractivity contribution in [1.82, 2.24) is 24.8 Å². The van der Waals surface area contributed by atoms with Crippen LogP contribution >= 0.6 is 11.3 Å². The maximum absolute atomic E-state index is 13.2. The third-order valence-corrected chi connectivity index (χ3v) is 10.2. The van der Waals surface area contributed by atoms with Gasteiger partial charge in [0.25, 0.3) is 11.5 Å². The number of nitrogens with zero attached hydrogens (tertiary/aromatic N) is 3. The average molecular weight is 567 g/mol. The quantitative estimate of drug-likeness (QED) is 0.299. The van der Waals surface area contributed by atoms with Crippen LogP contribution in [-0.2, 0) is 22.8 Å². The van der Waals surface area contributed by atoms with Crippen LogP contribution in [0.4, 0.5) is 5.69 Å². The van der Waals surface area contributed by atoms with E-state index in [1.807, 2.05) is 12.1 Å². The number of hydrogen-bond acceptors (Lipinski definition) is 8. The lowest BCUT2D eigenvalue weighted by molar-refractivity contribution is 0.0760. The van der Waals surface area contributed by atoms with E-state index in [0.29, 0.717) is 67.4 Å². The van der Waals surface area contributed by atoms with Crippen LogP contribution in [0.1, 0.15) is 26.4 Å². The first-order chi connectivity index (χ1) is 18.8. The van der Waals surface area contributed by atoms with Crippen LogP contribution in [0.2, 0.25) is 0 Å². The van der Waals surface area contributed by atoms with Crippen LogP contribution in [0.3, 0.4) is 0 Å². The van der Waals surface area contributed by atoms with Gasteiger partial charge in [0.1, 0.15) is 11.4 Å². The molecule has 2 aliphatic rings. The van der Waals surface area contributed by atoms with E-state index in [0.717, 1.165) is 17.5 Å². The zero-order valence-electron chi connectivity index (χ0n) is 21.6. The highest BCUT2D eigenvalue weighted by Crippen LogP contribution is 2.30. The minimum absolute atomic E-state index is 0.0511. The van der Waals surface area contributed by atoms with Gasteiger partial charge in [-0.25, -0.2) is 13.4 Å². The number of aromatic nitrogens is 3. The number of sulfone groups is 1. The van der Waals surface area contributed by atoms with Gasteiger partial charge in [-0.2, -0.15) is 0 Å². The third kappa shape index (κ3) is 5.23. The minimum atomic E-state index is -2.93. The Hall–Kier alpha value is -3.48. The van der Waals surface area contributed by atoms with Gasteiger partial charge in [0.05, 0.1) is 28.2 Å². The van der Waals surface area contributed by atoms with Gasteiger partial charge >= 0.3 is 0 Å². The van der Waals surface area contributed by atoms with Gasteiger partial charge in [0.2, 0.25) is 0 Å². The Morgan fingerprint density at radius 2 is 1.95 bits per heavy atom. The number of thiophene rings is 1. The summed E-state index contributed by atoms with van der Waals surface area (Å²) in [5, 5.41) is 5.48. The zero-order valence-corrected chi connectivity index (χ0v) is 23.3. The van der Waals surface area contributed by atoms with E-state index in [4.69, 9.17) is 4.98 Å². The predicted octanol–water partition coefficient (Wildman–Crippen LogP) is 2.63. The van der Waals surface area contributed by atoms with Crippen molar-refractivity contribution in [3.8, 4) is 11.4 Å². The molecule has 2 aliphatic heterocycles. The third-order valence-electron chi connectivity index (χ3n) is 7.54. The summed E-state index contributed by atoms with van der Waals surface area (Å²) in [6.45, 7) is 5.48. The molecule has 4 aromatic rings. The summed E-state index contributed by atoms with van der Waals surface area (Å²) in [4.78, 5) is 41.9. The number of carbonyl (C=O) groups is 1. The zero-order chi connectivity index (χ0) is 27.1. The number of H-pyrrole nitrogens is 2. The highest BCUT2D eigenvalue weighted by molar-refractivity contribution is 7.91. The lowest BCUT2D eigenvalue weighted by Crippen LogP contribution is -2.44. The minimum Gasteiger partial charge on any atom is -0.384 e. The summed E-state index contributed by atoms with van der Waals surface area (Å²) in [5.74, 6) is 0.755. The Morgan fingerprint density at radius 3 is 2.72 bits per heavy atom. The second-order valence-corrected chi connectivity index (χ2v) is 13.4. The Labute approximate surface area is 230 Å². The van der Waals surface area contributed by atoms with Crippen molar-refractivity contribution >= 4 is 43.8 Å². The summed E-state index contributed by atoms with van der Waals surface area (Å²) in [6, 6.07) is 7.68. The molecule has 0 spiro atoms. The molecule has 6 rings (SSSR count). The molecule has 0 atom stereocenters. The van der Waals surface area contributed by atoms with E-state index < -0.39 is 9.84 Å². The van der Waals surface area contributed by atoms with Crippen LogP contribution in [0.15, 0.2) is 40.6 Å². The highest BCUT2D eigenvalue weighted by Gasteiger charge is 2.30. The summed E-state index contributed by atoms with van der Waals surface area (Å²) < 4.78 is 23.4. The van der Waals surface area contributed by atoms with Crippen molar-refractivity contribution < 1.29 is 13.2 Å². The van der Waals surface area contributed by atoms with E-state index >= 15 is 0 Å². The first kappa shape index (κ1) is 25.8. The van der Waals surface area contributed by atoms with Gasteiger partial charge in [-0.1, -0.05) is 0 Å². The lowest BCUT2D eigenvalue weighted by Gasteiger charge is -2.28. The molecule has 10 nitrogen and oxygen atoms in total. The number of hydrogen-bond donors (Lipinski definition) is 3. The molecule has 0 bridgehead atoms. The SMILES string of the molecule is Cc1ccsc1CCNc1cc[nH]c(=O)c1-c1nc2cc3c(cc2[nH]1)CN(CCN1CCS(=O)(=O)CC1)C3=O. The Kier molecular flexibility index (Phi) is 6.77. The highest BCUT2D eigenvalue weighted by atomic mass is 32.2. The fourth-order valence-electron chi connectivity index (χ4n) is 5.25. The molecule has 3 aromatic heterocycles. The summed E-state index contributed by atoms with van der Waals surface area (Å²) >= 11 is 1.73. The summed E-state index contributed by atoms with van der Waals surface area (Å²) in [7, 11) is -2.93. The molecule has 39 heavy (non-hydrogen) atoms. The van der Waals surface area contributed by atoms with E-state index in [9.17, 15) is 18.0 Å². The molecule has 1 amide bonds. The molecule has 12 heteroatoms. The topological polar surface area (TPSA) is 131 Å². The maximum atomic E-state index is 13.2.